The molecule has 0 aliphatic carbocycles. The lowest BCUT2D eigenvalue weighted by molar-refractivity contribution is 0.560. The van der Waals surface area contributed by atoms with Gasteiger partial charge in [0.25, 0.3) is 5.62 Å². The molecule has 2 radical (unpaired) electrons. The maximum absolute atomic E-state index is 9.24. The molecule has 0 rings (SSSR count). The Morgan fingerprint density at radius 2 is 2.17 bits per heavy atom. The Balaban J connectivity index is 2.66. The van der Waals surface area contributed by atoms with Gasteiger partial charge in [-0.3, -0.25) is 9.59 Å². The van der Waals surface area contributed by atoms with E-state index >= 15 is 0 Å². The molecule has 0 saturated heterocycles. The number of rotatable bonds is 3. The van der Waals surface area contributed by atoms with Gasteiger partial charge in [0, 0.05) is 0 Å². The second-order valence-corrected chi connectivity index (χ2v) is 1.26. The summed E-state index contributed by atoms with van der Waals surface area (Å²) in [5, 5.41) is 0. The molecule has 6 heavy (non-hydrogen) atoms. The van der Waals surface area contributed by atoms with Crippen molar-refractivity contribution in [3.8, 4) is 0 Å². The molecule has 0 unspecified atom stereocenters. The highest BCUT2D eigenvalue weighted by Gasteiger charge is 1.78. The molecule has 0 bridgehead atoms. The van der Waals surface area contributed by atoms with Crippen molar-refractivity contribution in [3.63, 3.8) is 0 Å². The molecule has 0 aromatic carbocycles. The van der Waals surface area contributed by atoms with Crippen LogP contribution in [-0.2, 0) is 9.59 Å². The Morgan fingerprint density at radius 3 is 2.33 bits per heavy atom. The highest BCUT2D eigenvalue weighted by atomic mass is 32.2. The molecule has 0 N–H and O–H groups in total. The Hall–Kier alpha value is -0.310. The molecular formula is C3H2O2S. The van der Waals surface area contributed by atoms with Crippen molar-refractivity contribution in [2.45, 2.75) is 0 Å². The van der Waals surface area contributed by atoms with Crippen molar-refractivity contribution in [2.75, 3.05) is 5.75 Å². The summed E-state index contributed by atoms with van der Waals surface area (Å²) in [5.41, 5.74) is 1.47. The van der Waals surface area contributed by atoms with Gasteiger partial charge in [-0.1, -0.05) is 11.8 Å². The Morgan fingerprint density at radius 1 is 1.50 bits per heavy atom. The van der Waals surface area contributed by atoms with Crippen LogP contribution in [0.5, 0.6) is 0 Å². The molecule has 0 spiro atoms. The lowest BCUT2D eigenvalue weighted by Crippen LogP contribution is -1.73. The van der Waals surface area contributed by atoms with Gasteiger partial charge in [-0.15, -0.1) is 0 Å². The van der Waals surface area contributed by atoms with Gasteiger partial charge >= 0.3 is 0 Å². The van der Waals surface area contributed by atoms with Gasteiger partial charge in [0.1, 0.15) is 0 Å². The van der Waals surface area contributed by atoms with E-state index in [1.54, 1.807) is 0 Å². The van der Waals surface area contributed by atoms with E-state index in [4.69, 9.17) is 0 Å². The summed E-state index contributed by atoms with van der Waals surface area (Å²) < 4.78 is 0. The summed E-state index contributed by atoms with van der Waals surface area (Å²) in [7, 11) is 0. The monoisotopic (exact) mass is 102 g/mol. The molecule has 0 atom stereocenters. The van der Waals surface area contributed by atoms with Crippen molar-refractivity contribution in [1.82, 2.24) is 0 Å². The van der Waals surface area contributed by atoms with Crippen LogP contribution in [-0.4, -0.2) is 17.7 Å². The zero-order valence-corrected chi connectivity index (χ0v) is 3.75. The first kappa shape index (κ1) is 5.69. The van der Waals surface area contributed by atoms with E-state index in [-0.39, 0.29) is 5.75 Å². The summed E-state index contributed by atoms with van der Waals surface area (Å²) >= 11 is 0.779. The van der Waals surface area contributed by atoms with Crippen molar-refractivity contribution < 1.29 is 9.59 Å². The third-order valence-electron chi connectivity index (χ3n) is 0.190. The van der Waals surface area contributed by atoms with Crippen LogP contribution in [0.3, 0.4) is 0 Å². The summed E-state index contributed by atoms with van der Waals surface area (Å²) in [6.07, 6.45) is 1.52. The summed E-state index contributed by atoms with van der Waals surface area (Å²) in [4.78, 5) is 18.5. The second kappa shape index (κ2) is 4.69. The summed E-state index contributed by atoms with van der Waals surface area (Å²) in [6, 6.07) is 0. The van der Waals surface area contributed by atoms with E-state index in [0.717, 1.165) is 11.8 Å². The average molecular weight is 102 g/mol. The van der Waals surface area contributed by atoms with E-state index in [1.807, 2.05) is 0 Å². The highest BCUT2D eigenvalue weighted by molar-refractivity contribution is 8.12. The first-order chi connectivity index (χ1) is 2.91. The largest absolute Gasteiger partial charge is 0.290 e. The number of carbonyl (C=O) groups excluding carboxylic acids is 2. The Bertz CT molecular complexity index is 44.8. The Kier molecular flexibility index (Phi) is 4.45. The van der Waals surface area contributed by atoms with Crippen LogP contribution < -0.4 is 0 Å². The fourth-order valence-corrected chi connectivity index (χ4v) is 0.177. The normalized spacial score (nSPS) is 7.33. The molecule has 0 aliphatic rings. The first-order valence-corrected chi connectivity index (χ1v) is 2.24. The SMILES string of the molecule is O=[C]CS[C]=O. The molecule has 0 saturated carbocycles. The van der Waals surface area contributed by atoms with Gasteiger partial charge in [0.15, 0.2) is 0 Å². The van der Waals surface area contributed by atoms with Crippen LogP contribution in [0.15, 0.2) is 0 Å². The lowest BCUT2D eigenvalue weighted by Gasteiger charge is -1.66. The lowest BCUT2D eigenvalue weighted by atomic mass is 10.9. The zero-order valence-electron chi connectivity index (χ0n) is 2.93. The number of hydrogen-bond donors (Lipinski definition) is 0. The van der Waals surface area contributed by atoms with E-state index < -0.39 is 0 Å². The second-order valence-electron chi connectivity index (χ2n) is 0.516. The van der Waals surface area contributed by atoms with Crippen molar-refractivity contribution in [2.24, 2.45) is 0 Å². The van der Waals surface area contributed by atoms with E-state index in [0.29, 0.717) is 0 Å². The summed E-state index contributed by atoms with van der Waals surface area (Å²) in [6.45, 7) is 0. The summed E-state index contributed by atoms with van der Waals surface area (Å²) in [5.74, 6) is 0.101. The highest BCUT2D eigenvalue weighted by Crippen LogP contribution is 1.85. The molecule has 0 heterocycles. The molecule has 0 fully saturated rings. The van der Waals surface area contributed by atoms with Crippen LogP contribution in [0.2, 0.25) is 0 Å². The van der Waals surface area contributed by atoms with Gasteiger partial charge in [-0.25, -0.2) is 0 Å². The van der Waals surface area contributed by atoms with Crippen LogP contribution in [0.25, 0.3) is 0 Å². The average Bonchev–Trinajstić information content (AvgIpc) is 1.61. The van der Waals surface area contributed by atoms with Gasteiger partial charge in [-0.05, 0) is 0 Å². The predicted molar refractivity (Wildman–Crippen MR) is 23.8 cm³/mol. The van der Waals surface area contributed by atoms with E-state index in [1.165, 1.54) is 11.9 Å². The van der Waals surface area contributed by atoms with Gasteiger partial charge in [0.2, 0.25) is 6.29 Å². The fourth-order valence-electron chi connectivity index (χ4n) is 0.0589. The smallest absolute Gasteiger partial charge is 0.266 e. The molecule has 0 aromatic heterocycles. The molecule has 0 aliphatic heterocycles. The standard InChI is InChI=1S/C3H2O2S/c4-1-2-6-3-5/h2H2. The third-order valence-corrected chi connectivity index (χ3v) is 0.570. The van der Waals surface area contributed by atoms with E-state index in [2.05, 4.69) is 0 Å². The molecular weight excluding hydrogens is 100 g/mol. The first-order valence-electron chi connectivity index (χ1n) is 1.25. The van der Waals surface area contributed by atoms with Crippen LogP contribution in [0.4, 0.5) is 0 Å². The van der Waals surface area contributed by atoms with Crippen molar-refractivity contribution in [1.29, 1.82) is 0 Å². The minimum absolute atomic E-state index is 0.101. The Labute approximate surface area is 39.9 Å². The fraction of sp³-hybridized carbons (Fsp3) is 0.333. The van der Waals surface area contributed by atoms with Gasteiger partial charge < -0.3 is 0 Å². The quantitative estimate of drug-likeness (QED) is 0.466. The van der Waals surface area contributed by atoms with Crippen molar-refractivity contribution in [3.05, 3.63) is 0 Å². The van der Waals surface area contributed by atoms with Gasteiger partial charge in [-0.2, -0.15) is 0 Å². The van der Waals surface area contributed by atoms with Gasteiger partial charge in [0.05, 0.1) is 5.75 Å². The minimum atomic E-state index is 0.101. The third kappa shape index (κ3) is 3.69. The number of thioether (sulfide) groups is 1. The predicted octanol–water partition coefficient (Wildman–Crippen LogP) is -0.104. The minimum Gasteiger partial charge on any atom is -0.290 e. The van der Waals surface area contributed by atoms with E-state index in [9.17, 15) is 9.59 Å². The van der Waals surface area contributed by atoms with Crippen molar-refractivity contribution >= 4 is 23.7 Å². The molecule has 3 heteroatoms. The zero-order chi connectivity index (χ0) is 4.83. The molecule has 0 amide bonds. The topological polar surface area (TPSA) is 34.1 Å². The van der Waals surface area contributed by atoms with Crippen LogP contribution in [0, 0.1) is 0 Å². The number of hydrogen-bond acceptors (Lipinski definition) is 3. The molecule has 0 aromatic rings. The van der Waals surface area contributed by atoms with Crippen LogP contribution in [0.1, 0.15) is 0 Å². The molecule has 2 nitrogen and oxygen atoms in total. The molecule has 32 valence electrons. The maximum Gasteiger partial charge on any atom is 0.266 e. The van der Waals surface area contributed by atoms with Crippen LogP contribution >= 0.6 is 11.8 Å². The maximum atomic E-state index is 9.24.